The molecule has 0 aromatic heterocycles. The molecular weight excluding hydrogens is 401 g/mol. The fraction of sp³-hybridized carbons (Fsp3) is 0.250. The molecule has 2 aromatic rings. The predicted molar refractivity (Wildman–Crippen MR) is 93.4 cm³/mol. The quantitative estimate of drug-likeness (QED) is 0.652. The summed E-state index contributed by atoms with van der Waals surface area (Å²) in [6.07, 6.45) is 0.864. The molecule has 0 aliphatic carbocycles. The van der Waals surface area contributed by atoms with Crippen LogP contribution < -0.4 is 5.32 Å². The zero-order valence-electron chi connectivity index (χ0n) is 11.2. The first-order valence-electron chi connectivity index (χ1n) is 6.53. The van der Waals surface area contributed by atoms with Gasteiger partial charge in [0.15, 0.2) is 0 Å². The molecule has 1 atom stereocenters. The summed E-state index contributed by atoms with van der Waals surface area (Å²) in [5.41, 5.74) is 2.41. The second kappa shape index (κ2) is 7.60. The largest absolute Gasteiger partial charge is 0.310 e. The molecule has 0 radical (unpaired) electrons. The van der Waals surface area contributed by atoms with E-state index in [-0.39, 0.29) is 6.04 Å². The standard InChI is InChI=1S/C16H16Br2ClN/c1-2-20-16(13-5-3-4-6-14(13)18)9-11-7-8-12(17)10-15(11)19/h3-8,10,16,20H,2,9H2,1H3. The van der Waals surface area contributed by atoms with Gasteiger partial charge in [-0.25, -0.2) is 0 Å². The van der Waals surface area contributed by atoms with E-state index in [1.165, 1.54) is 5.56 Å². The minimum Gasteiger partial charge on any atom is -0.310 e. The van der Waals surface area contributed by atoms with E-state index in [9.17, 15) is 0 Å². The third-order valence-electron chi connectivity index (χ3n) is 3.17. The van der Waals surface area contributed by atoms with E-state index < -0.39 is 0 Å². The van der Waals surface area contributed by atoms with Gasteiger partial charge in [-0.05, 0) is 42.3 Å². The van der Waals surface area contributed by atoms with Crippen molar-refractivity contribution in [1.29, 1.82) is 0 Å². The zero-order valence-corrected chi connectivity index (χ0v) is 15.1. The molecule has 20 heavy (non-hydrogen) atoms. The van der Waals surface area contributed by atoms with E-state index in [0.29, 0.717) is 0 Å². The molecule has 1 unspecified atom stereocenters. The maximum Gasteiger partial charge on any atom is 0.0449 e. The minimum atomic E-state index is 0.245. The van der Waals surface area contributed by atoms with E-state index in [1.807, 2.05) is 18.2 Å². The number of halogens is 3. The Balaban J connectivity index is 2.28. The Bertz CT molecular complexity index is 586. The van der Waals surface area contributed by atoms with Crippen LogP contribution in [0.2, 0.25) is 5.02 Å². The van der Waals surface area contributed by atoms with Crippen LogP contribution in [0.25, 0.3) is 0 Å². The lowest BCUT2D eigenvalue weighted by molar-refractivity contribution is 0.548. The smallest absolute Gasteiger partial charge is 0.0449 e. The van der Waals surface area contributed by atoms with Crippen molar-refractivity contribution in [1.82, 2.24) is 5.32 Å². The highest BCUT2D eigenvalue weighted by Crippen LogP contribution is 2.29. The molecule has 106 valence electrons. The van der Waals surface area contributed by atoms with Crippen LogP contribution in [0.4, 0.5) is 0 Å². The molecule has 0 saturated carbocycles. The van der Waals surface area contributed by atoms with E-state index in [4.69, 9.17) is 11.6 Å². The summed E-state index contributed by atoms with van der Waals surface area (Å²) in [5.74, 6) is 0. The molecule has 1 nitrogen and oxygen atoms in total. The van der Waals surface area contributed by atoms with Crippen molar-refractivity contribution in [2.45, 2.75) is 19.4 Å². The number of benzene rings is 2. The van der Waals surface area contributed by atoms with Crippen LogP contribution in [-0.4, -0.2) is 6.54 Å². The van der Waals surface area contributed by atoms with Crippen molar-refractivity contribution in [2.24, 2.45) is 0 Å². The van der Waals surface area contributed by atoms with Crippen molar-refractivity contribution >= 4 is 43.5 Å². The van der Waals surface area contributed by atoms with Crippen LogP contribution in [0.5, 0.6) is 0 Å². The molecule has 0 fully saturated rings. The van der Waals surface area contributed by atoms with Gasteiger partial charge < -0.3 is 5.32 Å². The Kier molecular flexibility index (Phi) is 6.09. The predicted octanol–water partition coefficient (Wildman–Crippen LogP) is 5.76. The van der Waals surface area contributed by atoms with Crippen molar-refractivity contribution in [3.8, 4) is 0 Å². The number of hydrogen-bond donors (Lipinski definition) is 1. The van der Waals surface area contributed by atoms with Gasteiger partial charge in [-0.1, -0.05) is 74.7 Å². The second-order valence-corrected chi connectivity index (χ2v) is 6.75. The minimum absolute atomic E-state index is 0.245. The fourth-order valence-corrected chi connectivity index (χ4v) is 3.51. The fourth-order valence-electron chi connectivity index (χ4n) is 2.20. The average Bonchev–Trinajstić information content (AvgIpc) is 2.42. The molecule has 1 N–H and O–H groups in total. The first-order chi connectivity index (χ1) is 9.61. The van der Waals surface area contributed by atoms with Crippen LogP contribution in [0, 0.1) is 0 Å². The van der Waals surface area contributed by atoms with Gasteiger partial charge in [-0.3, -0.25) is 0 Å². The number of likely N-dealkylation sites (N-methyl/N-ethyl adjacent to an activating group) is 1. The van der Waals surface area contributed by atoms with Crippen molar-refractivity contribution in [3.63, 3.8) is 0 Å². The van der Waals surface area contributed by atoms with Gasteiger partial charge in [0.25, 0.3) is 0 Å². The highest BCUT2D eigenvalue weighted by molar-refractivity contribution is 9.10. The number of rotatable bonds is 5. The van der Waals surface area contributed by atoms with Crippen molar-refractivity contribution < 1.29 is 0 Å². The van der Waals surface area contributed by atoms with Crippen molar-refractivity contribution in [3.05, 3.63) is 67.6 Å². The molecular formula is C16H16Br2ClN. The zero-order chi connectivity index (χ0) is 14.5. The summed E-state index contributed by atoms with van der Waals surface area (Å²) in [5, 5.41) is 4.33. The van der Waals surface area contributed by atoms with E-state index >= 15 is 0 Å². The summed E-state index contributed by atoms with van der Waals surface area (Å²) >= 11 is 13.4. The van der Waals surface area contributed by atoms with Crippen LogP contribution in [-0.2, 0) is 6.42 Å². The van der Waals surface area contributed by atoms with E-state index in [2.05, 4.69) is 68.4 Å². The van der Waals surface area contributed by atoms with Gasteiger partial charge in [-0.2, -0.15) is 0 Å². The van der Waals surface area contributed by atoms with Crippen molar-refractivity contribution in [2.75, 3.05) is 6.54 Å². The molecule has 0 saturated heterocycles. The molecule has 2 rings (SSSR count). The molecule has 2 aromatic carbocycles. The summed E-state index contributed by atoms with van der Waals surface area (Å²) < 4.78 is 2.13. The van der Waals surface area contributed by atoms with Crippen LogP contribution in [0.1, 0.15) is 24.1 Å². The van der Waals surface area contributed by atoms with Gasteiger partial charge in [0.05, 0.1) is 0 Å². The van der Waals surface area contributed by atoms with Crippen LogP contribution in [0.3, 0.4) is 0 Å². The average molecular weight is 418 g/mol. The first-order valence-corrected chi connectivity index (χ1v) is 8.50. The third-order valence-corrected chi connectivity index (χ3v) is 4.74. The SMILES string of the molecule is CCNC(Cc1ccc(Br)cc1Cl)c1ccccc1Br. The van der Waals surface area contributed by atoms with E-state index in [0.717, 1.165) is 32.5 Å². The molecule has 0 aliphatic heterocycles. The summed E-state index contributed by atoms with van der Waals surface area (Å²) in [7, 11) is 0. The normalized spacial score (nSPS) is 12.4. The molecule has 0 spiro atoms. The lowest BCUT2D eigenvalue weighted by Gasteiger charge is -2.20. The van der Waals surface area contributed by atoms with Crippen LogP contribution >= 0.6 is 43.5 Å². The highest BCUT2D eigenvalue weighted by Gasteiger charge is 2.15. The molecule has 0 aliphatic rings. The molecule has 0 bridgehead atoms. The maximum absolute atomic E-state index is 6.33. The molecule has 0 amide bonds. The molecule has 4 heteroatoms. The summed E-state index contributed by atoms with van der Waals surface area (Å²) in [6, 6.07) is 14.6. The van der Waals surface area contributed by atoms with Gasteiger partial charge in [0.2, 0.25) is 0 Å². The first kappa shape index (κ1) is 16.0. The van der Waals surface area contributed by atoms with Gasteiger partial charge in [0.1, 0.15) is 0 Å². The molecule has 0 heterocycles. The number of nitrogens with one attached hydrogen (secondary N) is 1. The Labute approximate surface area is 142 Å². The second-order valence-electron chi connectivity index (χ2n) is 4.57. The van der Waals surface area contributed by atoms with Crippen LogP contribution in [0.15, 0.2) is 51.4 Å². The lowest BCUT2D eigenvalue weighted by Crippen LogP contribution is -2.23. The third kappa shape index (κ3) is 4.08. The Morgan fingerprint density at radius 3 is 2.55 bits per heavy atom. The van der Waals surface area contributed by atoms with Gasteiger partial charge >= 0.3 is 0 Å². The topological polar surface area (TPSA) is 12.0 Å². The van der Waals surface area contributed by atoms with Gasteiger partial charge in [0, 0.05) is 20.0 Å². The van der Waals surface area contributed by atoms with Gasteiger partial charge in [-0.15, -0.1) is 0 Å². The Morgan fingerprint density at radius 1 is 1.15 bits per heavy atom. The lowest BCUT2D eigenvalue weighted by atomic mass is 9.99. The Morgan fingerprint density at radius 2 is 1.90 bits per heavy atom. The summed E-state index contributed by atoms with van der Waals surface area (Å²) in [6.45, 7) is 3.03. The Hall–Kier alpha value is -0.350. The monoisotopic (exact) mass is 415 g/mol. The maximum atomic E-state index is 6.33. The number of hydrogen-bond acceptors (Lipinski definition) is 1. The van der Waals surface area contributed by atoms with E-state index in [1.54, 1.807) is 0 Å². The summed E-state index contributed by atoms with van der Waals surface area (Å²) in [4.78, 5) is 0. The highest BCUT2D eigenvalue weighted by atomic mass is 79.9.